The molecular weight excluding hydrogens is 278 g/mol. The van der Waals surface area contributed by atoms with Gasteiger partial charge in [0.2, 0.25) is 0 Å². The number of rotatable bonds is 6. The topological polar surface area (TPSA) is 64.9 Å². The third-order valence-corrected chi connectivity index (χ3v) is 4.14. The molecule has 2 aromatic heterocycles. The summed E-state index contributed by atoms with van der Waals surface area (Å²) in [5.74, 6) is 2.36. The van der Waals surface area contributed by atoms with Crippen molar-refractivity contribution in [3.63, 3.8) is 0 Å². The van der Waals surface area contributed by atoms with Gasteiger partial charge in [0, 0.05) is 69.4 Å². The first kappa shape index (κ1) is 15.1. The van der Waals surface area contributed by atoms with Gasteiger partial charge < -0.3 is 14.6 Å². The Morgan fingerprint density at radius 3 is 2.82 bits per heavy atom. The standard InChI is InChI=1S/C16H23N5O/c1-3-14-19-9-12(10-20-14)8-17-11-13-4-7-22-15(13)16-18-5-6-21(16)2/h5-6,9-10,13,15,17H,3-4,7-8,11H2,1-2H3/t13-,15+/m0/s1. The zero-order valence-corrected chi connectivity index (χ0v) is 13.2. The van der Waals surface area contributed by atoms with Crippen LogP contribution in [0, 0.1) is 5.92 Å². The van der Waals surface area contributed by atoms with E-state index in [9.17, 15) is 0 Å². The van der Waals surface area contributed by atoms with Crippen LogP contribution in [0.1, 0.15) is 36.7 Å². The van der Waals surface area contributed by atoms with Crippen molar-refractivity contribution in [2.24, 2.45) is 13.0 Å². The Labute approximate surface area is 131 Å². The molecule has 1 aliphatic heterocycles. The van der Waals surface area contributed by atoms with Gasteiger partial charge in [-0.15, -0.1) is 0 Å². The highest BCUT2D eigenvalue weighted by atomic mass is 16.5. The molecule has 22 heavy (non-hydrogen) atoms. The highest BCUT2D eigenvalue weighted by Gasteiger charge is 2.31. The zero-order valence-electron chi connectivity index (χ0n) is 13.2. The first-order valence-corrected chi connectivity index (χ1v) is 7.87. The summed E-state index contributed by atoms with van der Waals surface area (Å²) in [7, 11) is 2.02. The molecular formula is C16H23N5O. The van der Waals surface area contributed by atoms with E-state index in [1.54, 1.807) is 0 Å². The number of aryl methyl sites for hydroxylation is 2. The molecule has 1 N–H and O–H groups in total. The van der Waals surface area contributed by atoms with Crippen LogP contribution in [0.15, 0.2) is 24.8 Å². The summed E-state index contributed by atoms with van der Waals surface area (Å²) in [4.78, 5) is 13.1. The quantitative estimate of drug-likeness (QED) is 0.878. The molecule has 0 bridgehead atoms. The molecule has 0 radical (unpaired) electrons. The van der Waals surface area contributed by atoms with Crippen LogP contribution >= 0.6 is 0 Å². The molecule has 3 heterocycles. The molecule has 3 rings (SSSR count). The lowest BCUT2D eigenvalue weighted by molar-refractivity contribution is 0.0811. The van der Waals surface area contributed by atoms with Crippen molar-refractivity contribution in [1.82, 2.24) is 24.8 Å². The second-order valence-electron chi connectivity index (χ2n) is 5.73. The third-order valence-electron chi connectivity index (χ3n) is 4.14. The van der Waals surface area contributed by atoms with Gasteiger partial charge in [0.25, 0.3) is 0 Å². The van der Waals surface area contributed by atoms with Crippen LogP contribution in [0.4, 0.5) is 0 Å². The van der Waals surface area contributed by atoms with Crippen LogP contribution in [-0.2, 0) is 24.8 Å². The van der Waals surface area contributed by atoms with Gasteiger partial charge in [-0.3, -0.25) is 0 Å². The summed E-state index contributed by atoms with van der Waals surface area (Å²) >= 11 is 0. The summed E-state index contributed by atoms with van der Waals surface area (Å²) in [6, 6.07) is 0. The summed E-state index contributed by atoms with van der Waals surface area (Å²) in [6.45, 7) is 4.56. The SMILES string of the molecule is CCc1ncc(CNC[C@@H]2CCO[C@H]2c2nccn2C)cn1. The van der Waals surface area contributed by atoms with E-state index in [2.05, 4.69) is 27.2 Å². The first-order chi connectivity index (χ1) is 10.8. The van der Waals surface area contributed by atoms with Crippen LogP contribution in [-0.4, -0.2) is 32.7 Å². The number of hydrogen-bond donors (Lipinski definition) is 1. The lowest BCUT2D eigenvalue weighted by atomic mass is 10.0. The fraction of sp³-hybridized carbons (Fsp3) is 0.562. The van der Waals surface area contributed by atoms with Crippen molar-refractivity contribution < 1.29 is 4.74 Å². The van der Waals surface area contributed by atoms with Crippen molar-refractivity contribution in [2.45, 2.75) is 32.4 Å². The molecule has 1 fully saturated rings. The number of nitrogens with zero attached hydrogens (tertiary/aromatic N) is 4. The van der Waals surface area contributed by atoms with Gasteiger partial charge in [0.05, 0.1) is 0 Å². The van der Waals surface area contributed by atoms with Gasteiger partial charge in [-0.1, -0.05) is 6.92 Å². The van der Waals surface area contributed by atoms with Crippen molar-refractivity contribution in [2.75, 3.05) is 13.2 Å². The zero-order chi connectivity index (χ0) is 15.4. The molecule has 2 atom stereocenters. The third kappa shape index (κ3) is 3.34. The second kappa shape index (κ2) is 6.98. The molecule has 0 unspecified atom stereocenters. The highest BCUT2D eigenvalue weighted by molar-refractivity contribution is 5.05. The summed E-state index contributed by atoms with van der Waals surface area (Å²) in [6.07, 6.45) is 9.63. The van der Waals surface area contributed by atoms with Crippen molar-refractivity contribution in [1.29, 1.82) is 0 Å². The van der Waals surface area contributed by atoms with Crippen molar-refractivity contribution in [3.8, 4) is 0 Å². The van der Waals surface area contributed by atoms with Crippen LogP contribution < -0.4 is 5.32 Å². The maximum absolute atomic E-state index is 5.88. The fourth-order valence-electron chi connectivity index (χ4n) is 2.84. The summed E-state index contributed by atoms with van der Waals surface area (Å²) in [5, 5.41) is 3.50. The average molecular weight is 301 g/mol. The normalized spacial score (nSPS) is 21.4. The van der Waals surface area contributed by atoms with Crippen LogP contribution in [0.3, 0.4) is 0 Å². The number of imidazole rings is 1. The van der Waals surface area contributed by atoms with E-state index in [4.69, 9.17) is 4.74 Å². The largest absolute Gasteiger partial charge is 0.370 e. The molecule has 0 aromatic carbocycles. The van der Waals surface area contributed by atoms with Gasteiger partial charge in [0.15, 0.2) is 0 Å². The second-order valence-corrected chi connectivity index (χ2v) is 5.73. The Balaban J connectivity index is 1.53. The van der Waals surface area contributed by atoms with Gasteiger partial charge in [0.1, 0.15) is 17.8 Å². The fourth-order valence-corrected chi connectivity index (χ4v) is 2.84. The predicted molar refractivity (Wildman–Crippen MR) is 83.1 cm³/mol. The maximum atomic E-state index is 5.88. The van der Waals surface area contributed by atoms with Gasteiger partial charge in [-0.05, 0) is 6.42 Å². The minimum atomic E-state index is 0.0891. The summed E-state index contributed by atoms with van der Waals surface area (Å²) < 4.78 is 7.92. The monoisotopic (exact) mass is 301 g/mol. The van der Waals surface area contributed by atoms with E-state index in [0.29, 0.717) is 5.92 Å². The van der Waals surface area contributed by atoms with Gasteiger partial charge in [-0.2, -0.15) is 0 Å². The lowest BCUT2D eigenvalue weighted by Gasteiger charge is -2.18. The Morgan fingerprint density at radius 2 is 2.14 bits per heavy atom. The van der Waals surface area contributed by atoms with Crippen LogP contribution in [0.5, 0.6) is 0 Å². The van der Waals surface area contributed by atoms with E-state index in [-0.39, 0.29) is 6.10 Å². The molecule has 6 nitrogen and oxygen atoms in total. The van der Waals surface area contributed by atoms with E-state index < -0.39 is 0 Å². The Morgan fingerprint density at radius 1 is 1.32 bits per heavy atom. The van der Waals surface area contributed by atoms with Gasteiger partial charge >= 0.3 is 0 Å². The van der Waals surface area contributed by atoms with E-state index in [1.165, 1.54) is 0 Å². The minimum absolute atomic E-state index is 0.0891. The number of nitrogens with one attached hydrogen (secondary N) is 1. The molecule has 0 amide bonds. The predicted octanol–water partition coefficient (Wildman–Crippen LogP) is 1.64. The maximum Gasteiger partial charge on any atom is 0.137 e. The van der Waals surface area contributed by atoms with Crippen LogP contribution in [0.25, 0.3) is 0 Å². The number of hydrogen-bond acceptors (Lipinski definition) is 5. The Hall–Kier alpha value is -1.79. The van der Waals surface area contributed by atoms with E-state index >= 15 is 0 Å². The lowest BCUT2D eigenvalue weighted by Crippen LogP contribution is -2.26. The summed E-state index contributed by atoms with van der Waals surface area (Å²) in [5.41, 5.74) is 1.12. The Kier molecular flexibility index (Phi) is 4.80. The average Bonchev–Trinajstić information content (AvgIpc) is 3.16. The molecule has 1 saturated heterocycles. The van der Waals surface area contributed by atoms with Gasteiger partial charge in [-0.25, -0.2) is 15.0 Å². The minimum Gasteiger partial charge on any atom is -0.370 e. The smallest absolute Gasteiger partial charge is 0.137 e. The number of aromatic nitrogens is 4. The molecule has 118 valence electrons. The molecule has 1 aliphatic rings. The molecule has 0 spiro atoms. The van der Waals surface area contributed by atoms with Crippen molar-refractivity contribution in [3.05, 3.63) is 42.0 Å². The highest BCUT2D eigenvalue weighted by Crippen LogP contribution is 2.32. The van der Waals surface area contributed by atoms with Crippen LogP contribution in [0.2, 0.25) is 0 Å². The first-order valence-electron chi connectivity index (χ1n) is 7.87. The van der Waals surface area contributed by atoms with Crippen molar-refractivity contribution >= 4 is 0 Å². The molecule has 0 saturated carbocycles. The van der Waals surface area contributed by atoms with E-state index in [0.717, 1.165) is 49.8 Å². The molecule has 2 aromatic rings. The van der Waals surface area contributed by atoms with E-state index in [1.807, 2.05) is 36.4 Å². The number of ether oxygens (including phenoxy) is 1. The Bertz CT molecular complexity index is 595. The molecule has 6 heteroatoms. The molecule has 0 aliphatic carbocycles.